The summed E-state index contributed by atoms with van der Waals surface area (Å²) in [6.07, 6.45) is 1.22. The summed E-state index contributed by atoms with van der Waals surface area (Å²) in [6.45, 7) is 1.71. The molecule has 0 atom stereocenters. The van der Waals surface area contributed by atoms with Crippen molar-refractivity contribution in [3.05, 3.63) is 52.6 Å². The normalized spacial score (nSPS) is 10.3. The van der Waals surface area contributed by atoms with E-state index < -0.39 is 11.8 Å². The molecule has 0 bridgehead atoms. The van der Waals surface area contributed by atoms with Crippen LogP contribution in [0.4, 0.5) is 15.8 Å². The molecule has 0 radical (unpaired) electrons. The predicted octanol–water partition coefficient (Wildman–Crippen LogP) is 3.62. The monoisotopic (exact) mass is 280 g/mol. The van der Waals surface area contributed by atoms with E-state index in [1.165, 1.54) is 30.5 Å². The number of rotatable bonds is 3. The zero-order valence-corrected chi connectivity index (χ0v) is 10.7. The standard InChI is InChI=1S/C13H10ClFN2O2/c1-7-4-11(9(6-16-7)13(18)19)17-12-5-8(14)2-3-10(12)15/h2-6H,1H3,(H,16,17)(H,18,19). The molecule has 0 saturated heterocycles. The summed E-state index contributed by atoms with van der Waals surface area (Å²) in [4.78, 5) is 15.0. The van der Waals surface area contributed by atoms with Gasteiger partial charge in [-0.3, -0.25) is 4.98 Å². The number of benzene rings is 1. The van der Waals surface area contributed by atoms with E-state index in [0.29, 0.717) is 10.7 Å². The van der Waals surface area contributed by atoms with Gasteiger partial charge in [-0.05, 0) is 31.2 Å². The summed E-state index contributed by atoms with van der Waals surface area (Å²) in [5.41, 5.74) is 0.960. The summed E-state index contributed by atoms with van der Waals surface area (Å²) < 4.78 is 13.6. The van der Waals surface area contributed by atoms with E-state index >= 15 is 0 Å². The van der Waals surface area contributed by atoms with Gasteiger partial charge >= 0.3 is 5.97 Å². The van der Waals surface area contributed by atoms with Gasteiger partial charge in [0.1, 0.15) is 11.4 Å². The maximum atomic E-state index is 13.6. The lowest BCUT2D eigenvalue weighted by Crippen LogP contribution is -2.05. The number of carboxylic acids is 1. The van der Waals surface area contributed by atoms with Gasteiger partial charge in [-0.15, -0.1) is 0 Å². The lowest BCUT2D eigenvalue weighted by Gasteiger charge is -2.11. The fourth-order valence-corrected chi connectivity index (χ4v) is 1.74. The summed E-state index contributed by atoms with van der Waals surface area (Å²) in [6, 6.07) is 5.54. The number of aromatic nitrogens is 1. The molecule has 0 aliphatic rings. The molecule has 2 rings (SSSR count). The summed E-state index contributed by atoms with van der Waals surface area (Å²) in [5.74, 6) is -1.66. The third-order valence-electron chi connectivity index (χ3n) is 2.47. The van der Waals surface area contributed by atoms with Gasteiger partial charge in [-0.25, -0.2) is 9.18 Å². The van der Waals surface area contributed by atoms with Crippen molar-refractivity contribution in [1.29, 1.82) is 0 Å². The van der Waals surface area contributed by atoms with Gasteiger partial charge in [0.05, 0.1) is 11.4 Å². The first-order valence-corrected chi connectivity index (χ1v) is 5.77. The number of halogens is 2. The van der Waals surface area contributed by atoms with Gasteiger partial charge in [0.25, 0.3) is 0 Å². The topological polar surface area (TPSA) is 62.2 Å². The minimum atomic E-state index is -1.14. The van der Waals surface area contributed by atoms with Crippen LogP contribution in [0.3, 0.4) is 0 Å². The number of aromatic carboxylic acids is 1. The van der Waals surface area contributed by atoms with E-state index in [9.17, 15) is 9.18 Å². The number of carboxylic acid groups (broad SMARTS) is 1. The van der Waals surface area contributed by atoms with Crippen molar-refractivity contribution in [3.63, 3.8) is 0 Å². The Morgan fingerprint density at radius 2 is 2.11 bits per heavy atom. The van der Waals surface area contributed by atoms with Crippen molar-refractivity contribution < 1.29 is 14.3 Å². The largest absolute Gasteiger partial charge is 0.478 e. The Bertz CT molecular complexity index is 647. The molecule has 0 fully saturated rings. The van der Waals surface area contributed by atoms with Crippen LogP contribution >= 0.6 is 11.6 Å². The lowest BCUT2D eigenvalue weighted by molar-refractivity contribution is 0.0697. The van der Waals surface area contributed by atoms with Crippen LogP contribution in [-0.2, 0) is 0 Å². The number of pyridine rings is 1. The first-order valence-electron chi connectivity index (χ1n) is 5.39. The Morgan fingerprint density at radius 1 is 1.37 bits per heavy atom. The number of carbonyl (C=O) groups is 1. The van der Waals surface area contributed by atoms with E-state index in [1.54, 1.807) is 6.92 Å². The van der Waals surface area contributed by atoms with Crippen LogP contribution in [0.2, 0.25) is 5.02 Å². The second-order valence-corrected chi connectivity index (χ2v) is 4.36. The molecular formula is C13H10ClFN2O2. The maximum Gasteiger partial charge on any atom is 0.339 e. The minimum absolute atomic E-state index is 0.0371. The zero-order chi connectivity index (χ0) is 14.0. The highest BCUT2D eigenvalue weighted by Gasteiger charge is 2.13. The number of nitrogens with zero attached hydrogens (tertiary/aromatic N) is 1. The molecule has 0 aliphatic heterocycles. The van der Waals surface area contributed by atoms with Gasteiger partial charge in [0, 0.05) is 16.9 Å². The molecule has 0 saturated carbocycles. The molecule has 2 N–H and O–H groups in total. The Morgan fingerprint density at radius 3 is 2.79 bits per heavy atom. The highest BCUT2D eigenvalue weighted by atomic mass is 35.5. The van der Waals surface area contributed by atoms with Crippen molar-refractivity contribution >= 4 is 28.9 Å². The van der Waals surface area contributed by atoms with E-state index in [1.807, 2.05) is 0 Å². The first kappa shape index (κ1) is 13.3. The molecule has 0 unspecified atom stereocenters. The molecular weight excluding hydrogens is 271 g/mol. The number of nitrogens with one attached hydrogen (secondary N) is 1. The van der Waals surface area contributed by atoms with Gasteiger partial charge < -0.3 is 10.4 Å². The molecule has 0 spiro atoms. The predicted molar refractivity (Wildman–Crippen MR) is 70.6 cm³/mol. The SMILES string of the molecule is Cc1cc(Nc2cc(Cl)ccc2F)c(C(=O)O)cn1. The average molecular weight is 281 g/mol. The highest BCUT2D eigenvalue weighted by Crippen LogP contribution is 2.26. The smallest absolute Gasteiger partial charge is 0.339 e. The Kier molecular flexibility index (Phi) is 3.66. The highest BCUT2D eigenvalue weighted by molar-refractivity contribution is 6.30. The van der Waals surface area contributed by atoms with Crippen LogP contribution in [0.15, 0.2) is 30.5 Å². The van der Waals surface area contributed by atoms with E-state index in [0.717, 1.165) is 0 Å². The fourth-order valence-electron chi connectivity index (χ4n) is 1.57. The molecule has 0 amide bonds. The Balaban J connectivity index is 2.45. The molecule has 1 aromatic heterocycles. The van der Waals surface area contributed by atoms with Crippen molar-refractivity contribution in [1.82, 2.24) is 4.98 Å². The Labute approximate surface area is 113 Å². The number of aryl methyl sites for hydroxylation is 1. The molecule has 19 heavy (non-hydrogen) atoms. The zero-order valence-electron chi connectivity index (χ0n) is 9.95. The number of hydrogen-bond acceptors (Lipinski definition) is 3. The minimum Gasteiger partial charge on any atom is -0.478 e. The number of anilines is 2. The van der Waals surface area contributed by atoms with Gasteiger partial charge in [0.2, 0.25) is 0 Å². The fraction of sp³-hybridized carbons (Fsp3) is 0.0769. The van der Waals surface area contributed by atoms with Crippen LogP contribution in [0.25, 0.3) is 0 Å². The second kappa shape index (κ2) is 5.24. The van der Waals surface area contributed by atoms with Crippen molar-refractivity contribution in [2.24, 2.45) is 0 Å². The second-order valence-electron chi connectivity index (χ2n) is 3.93. The average Bonchev–Trinajstić information content (AvgIpc) is 2.33. The molecule has 0 aliphatic carbocycles. The molecule has 4 nitrogen and oxygen atoms in total. The summed E-state index contributed by atoms with van der Waals surface area (Å²) >= 11 is 5.78. The van der Waals surface area contributed by atoms with E-state index in [-0.39, 0.29) is 16.9 Å². The van der Waals surface area contributed by atoms with Crippen LogP contribution in [0.5, 0.6) is 0 Å². The van der Waals surface area contributed by atoms with Gasteiger partial charge in [-0.2, -0.15) is 0 Å². The van der Waals surface area contributed by atoms with Crippen molar-refractivity contribution in [3.8, 4) is 0 Å². The third kappa shape index (κ3) is 3.00. The molecule has 98 valence electrons. The summed E-state index contributed by atoms with van der Waals surface area (Å²) in [5, 5.41) is 12.1. The van der Waals surface area contributed by atoms with E-state index in [4.69, 9.17) is 16.7 Å². The Hall–Kier alpha value is -2.14. The summed E-state index contributed by atoms with van der Waals surface area (Å²) in [7, 11) is 0. The third-order valence-corrected chi connectivity index (χ3v) is 2.70. The maximum absolute atomic E-state index is 13.6. The van der Waals surface area contributed by atoms with Crippen molar-refractivity contribution in [2.75, 3.05) is 5.32 Å². The van der Waals surface area contributed by atoms with Crippen LogP contribution < -0.4 is 5.32 Å². The number of hydrogen-bond donors (Lipinski definition) is 2. The molecule has 2 aromatic rings. The van der Waals surface area contributed by atoms with Crippen molar-refractivity contribution in [2.45, 2.75) is 6.92 Å². The van der Waals surface area contributed by atoms with Gasteiger partial charge in [-0.1, -0.05) is 11.6 Å². The molecule has 6 heteroatoms. The molecule has 1 heterocycles. The van der Waals surface area contributed by atoms with E-state index in [2.05, 4.69) is 10.3 Å². The van der Waals surface area contributed by atoms with Gasteiger partial charge in [0.15, 0.2) is 0 Å². The van der Waals surface area contributed by atoms with Crippen LogP contribution in [0.1, 0.15) is 16.1 Å². The quantitative estimate of drug-likeness (QED) is 0.901. The van der Waals surface area contributed by atoms with Crippen LogP contribution in [-0.4, -0.2) is 16.1 Å². The first-order chi connectivity index (χ1) is 8.97. The lowest BCUT2D eigenvalue weighted by atomic mass is 10.2. The molecule has 1 aromatic carbocycles. The van der Waals surface area contributed by atoms with Crippen LogP contribution in [0, 0.1) is 12.7 Å².